The van der Waals surface area contributed by atoms with Gasteiger partial charge in [0.2, 0.25) is 0 Å². The molecule has 0 unspecified atom stereocenters. The molecule has 6 heteroatoms. The van der Waals surface area contributed by atoms with Crippen molar-refractivity contribution in [2.24, 2.45) is 5.92 Å². The van der Waals surface area contributed by atoms with Crippen LogP contribution in [0.4, 0.5) is 4.79 Å². The zero-order valence-corrected chi connectivity index (χ0v) is 11.4. The van der Waals surface area contributed by atoms with Crippen LogP contribution in [0, 0.1) is 5.92 Å². The zero-order chi connectivity index (χ0) is 14.3. The summed E-state index contributed by atoms with van der Waals surface area (Å²) >= 11 is 0. The number of carbonyl (C=O) groups excluding carboxylic acids is 1. The Kier molecular flexibility index (Phi) is 6.62. The van der Waals surface area contributed by atoms with Gasteiger partial charge in [0.05, 0.1) is 6.61 Å². The monoisotopic (exact) mass is 272 g/mol. The summed E-state index contributed by atoms with van der Waals surface area (Å²) in [4.78, 5) is 22.3. The van der Waals surface area contributed by atoms with Crippen LogP contribution in [0.5, 0.6) is 0 Å². The third kappa shape index (κ3) is 5.46. The van der Waals surface area contributed by atoms with E-state index in [1.165, 1.54) is 12.8 Å². The van der Waals surface area contributed by atoms with Gasteiger partial charge in [-0.25, -0.2) is 9.59 Å². The molecule has 1 saturated carbocycles. The minimum absolute atomic E-state index is 0.112. The molecule has 6 nitrogen and oxygen atoms in total. The Morgan fingerprint density at radius 1 is 1.26 bits per heavy atom. The Balaban J connectivity index is 2.28. The smallest absolute Gasteiger partial charge is 0.328 e. The van der Waals surface area contributed by atoms with Crippen LogP contribution in [0.15, 0.2) is 0 Å². The zero-order valence-electron chi connectivity index (χ0n) is 11.4. The van der Waals surface area contributed by atoms with Gasteiger partial charge in [0, 0.05) is 6.04 Å². The van der Waals surface area contributed by atoms with E-state index in [1.807, 2.05) is 0 Å². The van der Waals surface area contributed by atoms with Gasteiger partial charge in [0.25, 0.3) is 0 Å². The van der Waals surface area contributed by atoms with E-state index in [9.17, 15) is 9.59 Å². The van der Waals surface area contributed by atoms with Crippen LogP contribution in [-0.2, 0) is 4.79 Å². The molecule has 0 aromatic carbocycles. The maximum absolute atomic E-state index is 11.6. The van der Waals surface area contributed by atoms with Gasteiger partial charge in [-0.2, -0.15) is 0 Å². The van der Waals surface area contributed by atoms with E-state index < -0.39 is 24.6 Å². The van der Waals surface area contributed by atoms with E-state index in [2.05, 4.69) is 17.6 Å². The fourth-order valence-electron chi connectivity index (χ4n) is 2.57. The number of hydrogen-bond donors (Lipinski definition) is 4. The summed E-state index contributed by atoms with van der Waals surface area (Å²) in [5.74, 6) is -0.473. The summed E-state index contributed by atoms with van der Waals surface area (Å²) < 4.78 is 0. The Labute approximate surface area is 113 Å². The molecule has 110 valence electrons. The molecule has 1 atom stereocenters. The first-order chi connectivity index (χ1) is 9.06. The lowest BCUT2D eigenvalue weighted by molar-refractivity contribution is -0.140. The largest absolute Gasteiger partial charge is 0.480 e. The average Bonchev–Trinajstić information content (AvgIpc) is 2.38. The molecule has 1 rings (SSSR count). The van der Waals surface area contributed by atoms with Gasteiger partial charge in [-0.1, -0.05) is 19.8 Å². The fraction of sp³-hybridized carbons (Fsp3) is 0.846. The standard InChI is InChI=1S/C13H24N2O4/c1-2-3-9-4-6-10(7-5-9)14-13(19)15-11(8-16)12(17)18/h9-11,16H,2-8H2,1H3,(H,17,18)(H2,14,15,19)/t9?,10?,11-/m1/s1. The third-order valence-electron chi connectivity index (χ3n) is 3.66. The number of amides is 2. The Morgan fingerprint density at radius 2 is 1.89 bits per heavy atom. The summed E-state index contributed by atoms with van der Waals surface area (Å²) in [7, 11) is 0. The van der Waals surface area contributed by atoms with Crippen molar-refractivity contribution in [1.29, 1.82) is 0 Å². The number of rotatable bonds is 6. The van der Waals surface area contributed by atoms with Gasteiger partial charge in [0.1, 0.15) is 0 Å². The normalized spacial score (nSPS) is 24.5. The molecule has 0 saturated heterocycles. The highest BCUT2D eigenvalue weighted by Crippen LogP contribution is 2.27. The molecule has 0 spiro atoms. The molecule has 0 heterocycles. The van der Waals surface area contributed by atoms with E-state index >= 15 is 0 Å². The minimum Gasteiger partial charge on any atom is -0.480 e. The summed E-state index contributed by atoms with van der Waals surface area (Å²) in [6.07, 6.45) is 6.54. The van der Waals surface area contributed by atoms with Gasteiger partial charge in [0.15, 0.2) is 6.04 Å². The first kappa shape index (κ1) is 15.8. The lowest BCUT2D eigenvalue weighted by Gasteiger charge is -2.29. The van der Waals surface area contributed by atoms with Crippen LogP contribution in [0.1, 0.15) is 45.4 Å². The van der Waals surface area contributed by atoms with Crippen LogP contribution < -0.4 is 10.6 Å². The Bertz CT molecular complexity index is 301. The van der Waals surface area contributed by atoms with Crippen molar-refractivity contribution in [2.75, 3.05) is 6.61 Å². The second-order valence-corrected chi connectivity index (χ2v) is 5.20. The number of carboxylic acid groups (broad SMARTS) is 1. The molecule has 0 aromatic heterocycles. The van der Waals surface area contributed by atoms with Gasteiger partial charge < -0.3 is 20.8 Å². The molecular formula is C13H24N2O4. The first-order valence-corrected chi connectivity index (χ1v) is 6.97. The number of aliphatic hydroxyl groups is 1. The maximum Gasteiger partial charge on any atom is 0.328 e. The van der Waals surface area contributed by atoms with Gasteiger partial charge in [-0.3, -0.25) is 0 Å². The molecule has 1 aliphatic rings. The molecule has 1 fully saturated rings. The van der Waals surface area contributed by atoms with Gasteiger partial charge >= 0.3 is 12.0 Å². The highest BCUT2D eigenvalue weighted by molar-refractivity contribution is 5.82. The lowest BCUT2D eigenvalue weighted by Crippen LogP contribution is -2.51. The second-order valence-electron chi connectivity index (χ2n) is 5.20. The highest BCUT2D eigenvalue weighted by atomic mass is 16.4. The van der Waals surface area contributed by atoms with Crippen LogP contribution in [0.2, 0.25) is 0 Å². The predicted molar refractivity (Wildman–Crippen MR) is 70.8 cm³/mol. The third-order valence-corrected chi connectivity index (χ3v) is 3.66. The van der Waals surface area contributed by atoms with E-state index in [-0.39, 0.29) is 6.04 Å². The van der Waals surface area contributed by atoms with Gasteiger partial charge in [-0.05, 0) is 31.6 Å². The van der Waals surface area contributed by atoms with Gasteiger partial charge in [-0.15, -0.1) is 0 Å². The van der Waals surface area contributed by atoms with Crippen molar-refractivity contribution >= 4 is 12.0 Å². The molecule has 1 aliphatic carbocycles. The lowest BCUT2D eigenvalue weighted by atomic mass is 9.83. The summed E-state index contributed by atoms with van der Waals surface area (Å²) in [5.41, 5.74) is 0. The quantitative estimate of drug-likeness (QED) is 0.581. The predicted octanol–water partition coefficient (Wildman–Crippen LogP) is 1.09. The second kappa shape index (κ2) is 7.99. The van der Waals surface area contributed by atoms with Crippen LogP contribution in [0.3, 0.4) is 0 Å². The first-order valence-electron chi connectivity index (χ1n) is 6.97. The Hall–Kier alpha value is -1.30. The molecular weight excluding hydrogens is 248 g/mol. The van der Waals surface area contributed by atoms with Crippen LogP contribution >= 0.6 is 0 Å². The number of carboxylic acids is 1. The number of aliphatic hydroxyl groups excluding tert-OH is 1. The van der Waals surface area contributed by atoms with Crippen LogP contribution in [-0.4, -0.2) is 40.9 Å². The summed E-state index contributed by atoms with van der Waals surface area (Å²) in [6.45, 7) is 1.57. The van der Waals surface area contributed by atoms with Crippen molar-refractivity contribution in [1.82, 2.24) is 10.6 Å². The van der Waals surface area contributed by atoms with Crippen LogP contribution in [0.25, 0.3) is 0 Å². The molecule has 19 heavy (non-hydrogen) atoms. The highest BCUT2D eigenvalue weighted by Gasteiger charge is 2.24. The SMILES string of the molecule is CCCC1CCC(NC(=O)N[C@H](CO)C(=O)O)CC1. The summed E-state index contributed by atoms with van der Waals surface area (Å²) in [6, 6.07) is -1.64. The van der Waals surface area contributed by atoms with Crippen molar-refractivity contribution in [2.45, 2.75) is 57.5 Å². The number of aliphatic carboxylic acids is 1. The molecule has 0 bridgehead atoms. The Morgan fingerprint density at radius 3 is 2.37 bits per heavy atom. The molecule has 0 aromatic rings. The number of nitrogens with one attached hydrogen (secondary N) is 2. The van der Waals surface area contributed by atoms with E-state index in [4.69, 9.17) is 10.2 Å². The van der Waals surface area contributed by atoms with Crippen molar-refractivity contribution < 1.29 is 19.8 Å². The van der Waals surface area contributed by atoms with Crippen molar-refractivity contribution in [3.63, 3.8) is 0 Å². The minimum atomic E-state index is -1.24. The average molecular weight is 272 g/mol. The number of hydrogen-bond acceptors (Lipinski definition) is 3. The fourth-order valence-corrected chi connectivity index (χ4v) is 2.57. The maximum atomic E-state index is 11.6. The molecule has 0 aliphatic heterocycles. The molecule has 2 amide bonds. The topological polar surface area (TPSA) is 98.7 Å². The molecule has 4 N–H and O–H groups in total. The van der Waals surface area contributed by atoms with E-state index in [0.717, 1.165) is 31.6 Å². The molecule has 0 radical (unpaired) electrons. The van der Waals surface area contributed by atoms with E-state index in [0.29, 0.717) is 0 Å². The number of carbonyl (C=O) groups is 2. The van der Waals surface area contributed by atoms with E-state index in [1.54, 1.807) is 0 Å². The number of urea groups is 1. The van der Waals surface area contributed by atoms with Crippen molar-refractivity contribution in [3.8, 4) is 0 Å². The summed E-state index contributed by atoms with van der Waals surface area (Å²) in [5, 5.41) is 22.6. The van der Waals surface area contributed by atoms with Crippen molar-refractivity contribution in [3.05, 3.63) is 0 Å².